The van der Waals surface area contributed by atoms with Crippen molar-refractivity contribution in [3.63, 3.8) is 0 Å². The summed E-state index contributed by atoms with van der Waals surface area (Å²) < 4.78 is 28.9. The minimum Gasteiger partial charge on any atom is -0.597 e. The molecular weight excluding hydrogens is 411 g/mol. The SMILES string of the molecule is CC(C)(C)[S+]([O-])N1Cc2sc(C#N)cc2C1c1cccc(F)c1Br. The number of rotatable bonds is 2. The molecule has 0 bridgehead atoms. The molecule has 7 heteroatoms. The van der Waals surface area contributed by atoms with Crippen LogP contribution in [-0.2, 0) is 17.9 Å². The summed E-state index contributed by atoms with van der Waals surface area (Å²) in [5, 5.41) is 9.17. The van der Waals surface area contributed by atoms with E-state index in [2.05, 4.69) is 22.0 Å². The quantitative estimate of drug-likeness (QED) is 0.642. The Labute approximate surface area is 156 Å². The zero-order valence-electron chi connectivity index (χ0n) is 13.5. The van der Waals surface area contributed by atoms with Gasteiger partial charge in [0.25, 0.3) is 0 Å². The molecule has 1 aliphatic rings. The predicted molar refractivity (Wildman–Crippen MR) is 98.4 cm³/mol. The van der Waals surface area contributed by atoms with E-state index in [1.165, 1.54) is 17.4 Å². The van der Waals surface area contributed by atoms with E-state index in [1.54, 1.807) is 6.07 Å². The second-order valence-electron chi connectivity index (χ2n) is 6.58. The van der Waals surface area contributed by atoms with Crippen molar-refractivity contribution >= 4 is 38.6 Å². The van der Waals surface area contributed by atoms with Gasteiger partial charge in [-0.3, -0.25) is 0 Å². The fourth-order valence-electron chi connectivity index (χ4n) is 2.80. The fourth-order valence-corrected chi connectivity index (χ4v) is 5.72. The molecule has 2 atom stereocenters. The van der Waals surface area contributed by atoms with Gasteiger partial charge in [-0.05, 0) is 60.0 Å². The van der Waals surface area contributed by atoms with Gasteiger partial charge in [-0.2, -0.15) is 5.26 Å². The van der Waals surface area contributed by atoms with Crippen LogP contribution in [0.5, 0.6) is 0 Å². The molecule has 0 fully saturated rings. The summed E-state index contributed by atoms with van der Waals surface area (Å²) in [5.74, 6) is -0.349. The second kappa shape index (κ2) is 6.43. The molecule has 0 amide bonds. The summed E-state index contributed by atoms with van der Waals surface area (Å²) >= 11 is 3.49. The van der Waals surface area contributed by atoms with E-state index >= 15 is 0 Å². The molecule has 0 radical (unpaired) electrons. The average Bonchev–Trinajstić information content (AvgIpc) is 3.05. The first-order chi connectivity index (χ1) is 11.2. The monoisotopic (exact) mass is 426 g/mol. The van der Waals surface area contributed by atoms with Crippen molar-refractivity contribution in [2.24, 2.45) is 0 Å². The molecule has 3 nitrogen and oxygen atoms in total. The molecule has 1 aliphatic heterocycles. The number of nitrogens with zero attached hydrogens (tertiary/aromatic N) is 2. The Kier molecular flexibility index (Phi) is 4.80. The van der Waals surface area contributed by atoms with Crippen LogP contribution in [0.3, 0.4) is 0 Å². The lowest BCUT2D eigenvalue weighted by atomic mass is 10.0. The van der Waals surface area contributed by atoms with E-state index in [-0.39, 0.29) is 11.9 Å². The van der Waals surface area contributed by atoms with E-state index in [1.807, 2.05) is 37.2 Å². The Morgan fingerprint density at radius 3 is 2.75 bits per heavy atom. The van der Waals surface area contributed by atoms with Crippen LogP contribution in [0.2, 0.25) is 0 Å². The van der Waals surface area contributed by atoms with Crippen LogP contribution in [0.4, 0.5) is 4.39 Å². The molecule has 126 valence electrons. The van der Waals surface area contributed by atoms with Gasteiger partial charge in [-0.1, -0.05) is 12.1 Å². The van der Waals surface area contributed by atoms with E-state index in [9.17, 15) is 14.2 Å². The van der Waals surface area contributed by atoms with Gasteiger partial charge in [0.15, 0.2) is 0 Å². The summed E-state index contributed by atoms with van der Waals surface area (Å²) in [6.45, 7) is 6.27. The van der Waals surface area contributed by atoms with E-state index < -0.39 is 16.1 Å². The number of nitriles is 1. The highest BCUT2D eigenvalue weighted by Gasteiger charge is 2.45. The van der Waals surface area contributed by atoms with Crippen LogP contribution in [0.25, 0.3) is 0 Å². The highest BCUT2D eigenvalue weighted by Crippen LogP contribution is 2.47. The Balaban J connectivity index is 2.14. The largest absolute Gasteiger partial charge is 0.597 e. The van der Waals surface area contributed by atoms with Crippen molar-refractivity contribution in [3.8, 4) is 6.07 Å². The summed E-state index contributed by atoms with van der Waals surface area (Å²) in [7, 11) is 0. The molecule has 1 aromatic heterocycles. The first-order valence-electron chi connectivity index (χ1n) is 7.39. The van der Waals surface area contributed by atoms with Crippen molar-refractivity contribution in [1.29, 1.82) is 5.26 Å². The summed E-state index contributed by atoms with van der Waals surface area (Å²) in [6, 6.07) is 8.56. The van der Waals surface area contributed by atoms with Crippen molar-refractivity contribution < 1.29 is 8.94 Å². The zero-order chi connectivity index (χ0) is 17.6. The number of thiophene rings is 1. The Hall–Kier alpha value is -0.910. The maximum Gasteiger partial charge on any atom is 0.137 e. The predicted octanol–water partition coefficient (Wildman–Crippen LogP) is 4.89. The van der Waals surface area contributed by atoms with Crippen molar-refractivity contribution in [2.75, 3.05) is 0 Å². The number of benzene rings is 1. The molecule has 2 aromatic rings. The highest BCUT2D eigenvalue weighted by molar-refractivity contribution is 9.10. The van der Waals surface area contributed by atoms with Crippen LogP contribution < -0.4 is 0 Å². The molecule has 0 saturated heterocycles. The van der Waals surface area contributed by atoms with Gasteiger partial charge in [0.2, 0.25) is 0 Å². The van der Waals surface area contributed by atoms with Gasteiger partial charge in [-0.15, -0.1) is 15.6 Å². The first kappa shape index (κ1) is 17.9. The van der Waals surface area contributed by atoms with Gasteiger partial charge in [0.05, 0.1) is 11.0 Å². The first-order valence-corrected chi connectivity index (χ1v) is 10.1. The molecule has 0 aliphatic carbocycles. The summed E-state index contributed by atoms with van der Waals surface area (Å²) in [6.07, 6.45) is 0. The number of halogens is 2. The molecule has 3 rings (SSSR count). The zero-order valence-corrected chi connectivity index (χ0v) is 16.7. The molecule has 24 heavy (non-hydrogen) atoms. The highest BCUT2D eigenvalue weighted by atomic mass is 79.9. The molecule has 2 heterocycles. The third-order valence-electron chi connectivity index (χ3n) is 3.85. The lowest BCUT2D eigenvalue weighted by Crippen LogP contribution is -2.42. The van der Waals surface area contributed by atoms with E-state index in [0.29, 0.717) is 15.9 Å². The van der Waals surface area contributed by atoms with Crippen LogP contribution in [0.15, 0.2) is 28.7 Å². The maximum absolute atomic E-state index is 14.1. The van der Waals surface area contributed by atoms with Gasteiger partial charge in [0.1, 0.15) is 27.6 Å². The van der Waals surface area contributed by atoms with Crippen LogP contribution in [0.1, 0.15) is 47.7 Å². The molecular formula is C17H16BrFN2OS2. The van der Waals surface area contributed by atoms with Crippen molar-refractivity contribution in [2.45, 2.75) is 38.1 Å². The molecule has 0 N–H and O–H groups in total. The Bertz CT molecular complexity index is 825. The summed E-state index contributed by atoms with van der Waals surface area (Å²) in [5.41, 5.74) is 1.68. The third-order valence-corrected chi connectivity index (χ3v) is 7.54. The van der Waals surface area contributed by atoms with Gasteiger partial charge < -0.3 is 4.55 Å². The number of hydrogen-bond acceptors (Lipinski definition) is 4. The van der Waals surface area contributed by atoms with Gasteiger partial charge >= 0.3 is 0 Å². The lowest BCUT2D eigenvalue weighted by molar-refractivity contribution is 0.370. The normalized spacial score (nSPS) is 19.1. The standard InChI is InChI=1S/C17H16BrFN2OS2/c1-17(2,3)24(22)21-9-14-12(7-10(8-20)23-14)16(21)11-5-4-6-13(19)15(11)18/h4-7,16H,9H2,1-3H3. The van der Waals surface area contributed by atoms with Crippen LogP contribution in [-0.4, -0.2) is 13.6 Å². The Morgan fingerprint density at radius 1 is 1.42 bits per heavy atom. The topological polar surface area (TPSA) is 50.1 Å². The van der Waals surface area contributed by atoms with Crippen LogP contribution >= 0.6 is 27.3 Å². The minimum atomic E-state index is -1.26. The van der Waals surface area contributed by atoms with Gasteiger partial charge in [-0.25, -0.2) is 4.39 Å². The molecule has 2 unspecified atom stereocenters. The van der Waals surface area contributed by atoms with E-state index in [4.69, 9.17) is 0 Å². The summed E-state index contributed by atoms with van der Waals surface area (Å²) in [4.78, 5) is 1.64. The third kappa shape index (κ3) is 3.02. The van der Waals surface area contributed by atoms with Crippen molar-refractivity contribution in [3.05, 3.63) is 55.4 Å². The fraction of sp³-hybridized carbons (Fsp3) is 0.353. The maximum atomic E-state index is 14.1. The molecule has 1 aromatic carbocycles. The minimum absolute atomic E-state index is 0.330. The van der Waals surface area contributed by atoms with Gasteiger partial charge in [0, 0.05) is 16.2 Å². The second-order valence-corrected chi connectivity index (χ2v) is 10.7. The van der Waals surface area contributed by atoms with Crippen LogP contribution in [0, 0.1) is 17.1 Å². The van der Waals surface area contributed by atoms with Crippen molar-refractivity contribution in [1.82, 2.24) is 4.31 Å². The lowest BCUT2D eigenvalue weighted by Gasteiger charge is -2.34. The van der Waals surface area contributed by atoms with E-state index in [0.717, 1.165) is 16.0 Å². The molecule has 0 saturated carbocycles. The smallest absolute Gasteiger partial charge is 0.137 e. The number of fused-ring (bicyclic) bond motifs is 1. The number of hydrogen-bond donors (Lipinski definition) is 0. The molecule has 0 spiro atoms. The Morgan fingerprint density at radius 2 is 2.12 bits per heavy atom. The average molecular weight is 427 g/mol.